The summed E-state index contributed by atoms with van der Waals surface area (Å²) in [5, 5.41) is 9.46. The normalized spacial score (nSPS) is 11.9. The third kappa shape index (κ3) is 3.46. The van der Waals surface area contributed by atoms with Crippen LogP contribution in [0.5, 0.6) is 5.88 Å². The van der Waals surface area contributed by atoms with E-state index in [2.05, 4.69) is 32.0 Å². The van der Waals surface area contributed by atoms with E-state index in [4.69, 9.17) is 10.00 Å². The van der Waals surface area contributed by atoms with Gasteiger partial charge >= 0.3 is 0 Å². The summed E-state index contributed by atoms with van der Waals surface area (Å²) in [7, 11) is 0. The highest BCUT2D eigenvalue weighted by Gasteiger charge is 2.14. The highest BCUT2D eigenvalue weighted by atomic mass is 79.9. The standard InChI is InChI=1S/C11H14BrN3O/c1-3-4-16-10-5-8(2)14-11(15-10)9(6-12)7-13/h5,9H,3-4,6H2,1-2H3. The molecular weight excluding hydrogens is 270 g/mol. The Morgan fingerprint density at radius 3 is 2.88 bits per heavy atom. The van der Waals surface area contributed by atoms with Crippen molar-refractivity contribution in [1.82, 2.24) is 9.97 Å². The van der Waals surface area contributed by atoms with Gasteiger partial charge in [-0.25, -0.2) is 4.98 Å². The Balaban J connectivity index is 2.93. The largest absolute Gasteiger partial charge is 0.478 e. The van der Waals surface area contributed by atoms with E-state index in [0.29, 0.717) is 23.6 Å². The number of hydrogen-bond donors (Lipinski definition) is 0. The second kappa shape index (κ2) is 6.44. The van der Waals surface area contributed by atoms with Gasteiger partial charge in [-0.05, 0) is 13.3 Å². The van der Waals surface area contributed by atoms with Crippen LogP contribution < -0.4 is 4.74 Å². The SMILES string of the molecule is CCCOc1cc(C)nc(C(C#N)CBr)n1. The second-order valence-corrected chi connectivity index (χ2v) is 4.04. The number of alkyl halides is 1. The predicted molar refractivity (Wildman–Crippen MR) is 64.7 cm³/mol. The molecule has 0 amide bonds. The summed E-state index contributed by atoms with van der Waals surface area (Å²) in [4.78, 5) is 8.47. The van der Waals surface area contributed by atoms with Crippen LogP contribution in [-0.4, -0.2) is 21.9 Å². The molecule has 1 aromatic heterocycles. The monoisotopic (exact) mass is 283 g/mol. The molecule has 0 bridgehead atoms. The lowest BCUT2D eigenvalue weighted by atomic mass is 10.2. The van der Waals surface area contributed by atoms with Gasteiger partial charge in [0.25, 0.3) is 0 Å². The van der Waals surface area contributed by atoms with Crippen molar-refractivity contribution in [3.05, 3.63) is 17.6 Å². The average molecular weight is 284 g/mol. The van der Waals surface area contributed by atoms with Crippen LogP contribution in [0.15, 0.2) is 6.07 Å². The molecule has 0 saturated carbocycles. The fourth-order valence-electron chi connectivity index (χ4n) is 1.16. The molecule has 0 radical (unpaired) electrons. The lowest BCUT2D eigenvalue weighted by molar-refractivity contribution is 0.303. The summed E-state index contributed by atoms with van der Waals surface area (Å²) in [5.74, 6) is 0.736. The first-order valence-corrected chi connectivity index (χ1v) is 6.27. The Bertz CT molecular complexity index is 389. The zero-order valence-electron chi connectivity index (χ0n) is 9.40. The second-order valence-electron chi connectivity index (χ2n) is 3.39. The molecule has 0 fully saturated rings. The molecule has 0 N–H and O–H groups in total. The Morgan fingerprint density at radius 1 is 1.56 bits per heavy atom. The van der Waals surface area contributed by atoms with Crippen LogP contribution >= 0.6 is 15.9 Å². The van der Waals surface area contributed by atoms with Crippen molar-refractivity contribution in [3.8, 4) is 11.9 Å². The molecule has 1 aromatic rings. The van der Waals surface area contributed by atoms with E-state index in [1.165, 1.54) is 0 Å². The number of nitriles is 1. The van der Waals surface area contributed by atoms with E-state index in [1.807, 2.05) is 13.8 Å². The molecule has 4 nitrogen and oxygen atoms in total. The highest BCUT2D eigenvalue weighted by Crippen LogP contribution is 2.17. The molecule has 0 aromatic carbocycles. The lowest BCUT2D eigenvalue weighted by Crippen LogP contribution is -2.07. The van der Waals surface area contributed by atoms with Gasteiger partial charge in [0.2, 0.25) is 5.88 Å². The molecule has 0 spiro atoms. The number of nitrogens with zero attached hydrogens (tertiary/aromatic N) is 3. The molecule has 0 aliphatic rings. The van der Waals surface area contributed by atoms with Crippen molar-refractivity contribution in [2.24, 2.45) is 0 Å². The number of ether oxygens (including phenoxy) is 1. The summed E-state index contributed by atoms with van der Waals surface area (Å²) >= 11 is 3.27. The lowest BCUT2D eigenvalue weighted by Gasteiger charge is -2.08. The van der Waals surface area contributed by atoms with Crippen LogP contribution in [-0.2, 0) is 0 Å². The topological polar surface area (TPSA) is 58.8 Å². The number of hydrogen-bond acceptors (Lipinski definition) is 4. The van der Waals surface area contributed by atoms with Gasteiger partial charge in [-0.15, -0.1) is 0 Å². The van der Waals surface area contributed by atoms with Crippen molar-refractivity contribution in [2.45, 2.75) is 26.2 Å². The van der Waals surface area contributed by atoms with E-state index in [0.717, 1.165) is 12.1 Å². The van der Waals surface area contributed by atoms with Gasteiger partial charge in [-0.2, -0.15) is 10.2 Å². The van der Waals surface area contributed by atoms with Gasteiger partial charge < -0.3 is 4.74 Å². The minimum Gasteiger partial charge on any atom is -0.478 e. The Labute approximate surface area is 104 Å². The van der Waals surface area contributed by atoms with E-state index in [1.54, 1.807) is 6.07 Å². The molecule has 0 saturated heterocycles. The summed E-state index contributed by atoms with van der Waals surface area (Å²) in [5.41, 5.74) is 0.817. The summed E-state index contributed by atoms with van der Waals surface area (Å²) in [6, 6.07) is 3.93. The predicted octanol–water partition coefficient (Wildman–Crippen LogP) is 2.58. The molecule has 5 heteroatoms. The highest BCUT2D eigenvalue weighted by molar-refractivity contribution is 9.09. The molecular formula is C11H14BrN3O. The van der Waals surface area contributed by atoms with Crippen molar-refractivity contribution in [2.75, 3.05) is 11.9 Å². The first-order chi connectivity index (χ1) is 7.71. The van der Waals surface area contributed by atoms with E-state index < -0.39 is 0 Å². The Morgan fingerprint density at radius 2 is 2.31 bits per heavy atom. The minimum atomic E-state index is -0.330. The van der Waals surface area contributed by atoms with E-state index in [9.17, 15) is 0 Å². The zero-order chi connectivity index (χ0) is 12.0. The van der Waals surface area contributed by atoms with Crippen LogP contribution in [0.1, 0.15) is 30.8 Å². The average Bonchev–Trinajstić information content (AvgIpc) is 2.27. The maximum Gasteiger partial charge on any atom is 0.216 e. The smallest absolute Gasteiger partial charge is 0.216 e. The van der Waals surface area contributed by atoms with E-state index in [-0.39, 0.29) is 5.92 Å². The number of aromatic nitrogens is 2. The Hall–Kier alpha value is -1.15. The number of halogens is 1. The maximum absolute atomic E-state index is 8.94. The van der Waals surface area contributed by atoms with Crippen LogP contribution in [0, 0.1) is 18.3 Å². The van der Waals surface area contributed by atoms with Crippen molar-refractivity contribution in [3.63, 3.8) is 0 Å². The molecule has 16 heavy (non-hydrogen) atoms. The molecule has 0 aliphatic heterocycles. The minimum absolute atomic E-state index is 0.330. The van der Waals surface area contributed by atoms with Gasteiger partial charge in [0.05, 0.1) is 12.7 Å². The molecule has 1 unspecified atom stereocenters. The van der Waals surface area contributed by atoms with Crippen molar-refractivity contribution < 1.29 is 4.74 Å². The molecule has 1 heterocycles. The van der Waals surface area contributed by atoms with Crippen LogP contribution in [0.4, 0.5) is 0 Å². The Kier molecular flexibility index (Phi) is 5.20. The van der Waals surface area contributed by atoms with E-state index >= 15 is 0 Å². The first-order valence-electron chi connectivity index (χ1n) is 5.15. The van der Waals surface area contributed by atoms with Crippen LogP contribution in [0.2, 0.25) is 0 Å². The number of aryl methyl sites for hydroxylation is 1. The quantitative estimate of drug-likeness (QED) is 0.780. The third-order valence-electron chi connectivity index (χ3n) is 1.92. The first kappa shape index (κ1) is 12.9. The zero-order valence-corrected chi connectivity index (χ0v) is 11.0. The van der Waals surface area contributed by atoms with Crippen LogP contribution in [0.25, 0.3) is 0 Å². The van der Waals surface area contributed by atoms with Gasteiger partial charge in [0, 0.05) is 17.1 Å². The molecule has 86 valence electrons. The molecule has 1 rings (SSSR count). The van der Waals surface area contributed by atoms with Crippen molar-refractivity contribution in [1.29, 1.82) is 5.26 Å². The van der Waals surface area contributed by atoms with Gasteiger partial charge in [0.1, 0.15) is 5.92 Å². The summed E-state index contributed by atoms with van der Waals surface area (Å²) < 4.78 is 5.44. The van der Waals surface area contributed by atoms with Gasteiger partial charge in [-0.1, -0.05) is 22.9 Å². The maximum atomic E-state index is 8.94. The number of rotatable bonds is 5. The van der Waals surface area contributed by atoms with Gasteiger partial charge in [-0.3, -0.25) is 0 Å². The fourth-order valence-corrected chi connectivity index (χ4v) is 1.59. The van der Waals surface area contributed by atoms with Crippen molar-refractivity contribution >= 4 is 15.9 Å². The third-order valence-corrected chi connectivity index (χ3v) is 2.57. The molecule has 0 aliphatic carbocycles. The summed E-state index contributed by atoms with van der Waals surface area (Å²) in [6.45, 7) is 4.53. The molecule has 1 atom stereocenters. The fraction of sp³-hybridized carbons (Fsp3) is 0.545. The van der Waals surface area contributed by atoms with Gasteiger partial charge in [0.15, 0.2) is 5.82 Å². The van der Waals surface area contributed by atoms with Crippen LogP contribution in [0.3, 0.4) is 0 Å². The summed E-state index contributed by atoms with van der Waals surface area (Å²) in [6.07, 6.45) is 0.929.